The molecule has 2 rings (SSSR count). The minimum absolute atomic E-state index is 0.163. The number of amides is 2. The first kappa shape index (κ1) is 21.7. The second-order valence-corrected chi connectivity index (χ2v) is 5.90. The van der Waals surface area contributed by atoms with Crippen molar-refractivity contribution in [2.24, 2.45) is 0 Å². The highest BCUT2D eigenvalue weighted by Crippen LogP contribution is 2.17. The van der Waals surface area contributed by atoms with Gasteiger partial charge >= 0.3 is 6.16 Å². The van der Waals surface area contributed by atoms with Crippen molar-refractivity contribution in [1.29, 1.82) is 0 Å². The zero-order chi connectivity index (χ0) is 21.1. The van der Waals surface area contributed by atoms with E-state index in [0.717, 1.165) is 5.56 Å². The Bertz CT molecular complexity index is 835. The molecule has 0 saturated carbocycles. The zero-order valence-corrected chi connectivity index (χ0v) is 16.4. The lowest BCUT2D eigenvalue weighted by Gasteiger charge is -2.10. The summed E-state index contributed by atoms with van der Waals surface area (Å²) >= 11 is 0. The molecule has 0 aliphatic heterocycles. The van der Waals surface area contributed by atoms with Crippen LogP contribution in [0.5, 0.6) is 11.5 Å². The van der Waals surface area contributed by atoms with Crippen molar-refractivity contribution in [2.75, 3.05) is 26.8 Å². The molecule has 0 saturated heterocycles. The number of para-hydroxylation sites is 1. The summed E-state index contributed by atoms with van der Waals surface area (Å²) in [5, 5.41) is 5.46. The van der Waals surface area contributed by atoms with Crippen molar-refractivity contribution in [3.05, 3.63) is 59.7 Å². The monoisotopic (exact) mass is 400 g/mol. The summed E-state index contributed by atoms with van der Waals surface area (Å²) in [5.74, 6) is 0.478. The fourth-order valence-corrected chi connectivity index (χ4v) is 2.48. The largest absolute Gasteiger partial charge is 0.513 e. The van der Waals surface area contributed by atoms with E-state index in [9.17, 15) is 14.4 Å². The van der Waals surface area contributed by atoms with Gasteiger partial charge in [0.15, 0.2) is 0 Å². The highest BCUT2D eigenvalue weighted by molar-refractivity contribution is 5.94. The molecule has 0 radical (unpaired) electrons. The lowest BCUT2D eigenvalue weighted by atomic mass is 10.1. The standard InChI is InChI=1S/C21H24N2O6/c1-3-28-21(26)29-17-10-8-15(9-11-17)20(25)23-13-12-22-19(24)14-16-6-4-5-7-18(16)27-2/h4-11H,3,12-14H2,1-2H3,(H,22,24)(H,23,25). The number of nitrogens with one attached hydrogen (secondary N) is 2. The smallest absolute Gasteiger partial charge is 0.496 e. The Kier molecular flexibility index (Phi) is 8.50. The van der Waals surface area contributed by atoms with Gasteiger partial charge in [0.1, 0.15) is 11.5 Å². The number of carbonyl (C=O) groups is 3. The Hall–Kier alpha value is -3.55. The fourth-order valence-electron chi connectivity index (χ4n) is 2.48. The topological polar surface area (TPSA) is 103 Å². The van der Waals surface area contributed by atoms with Gasteiger partial charge in [-0.2, -0.15) is 0 Å². The molecule has 8 nitrogen and oxygen atoms in total. The molecule has 2 N–H and O–H groups in total. The van der Waals surface area contributed by atoms with E-state index in [2.05, 4.69) is 15.4 Å². The van der Waals surface area contributed by atoms with Crippen LogP contribution in [0.25, 0.3) is 0 Å². The Labute approximate surface area is 169 Å². The Balaban J connectivity index is 1.72. The maximum Gasteiger partial charge on any atom is 0.513 e. The number of rotatable bonds is 9. The average Bonchev–Trinajstić information content (AvgIpc) is 2.72. The van der Waals surface area contributed by atoms with Crippen molar-refractivity contribution in [1.82, 2.24) is 10.6 Å². The minimum atomic E-state index is -0.798. The van der Waals surface area contributed by atoms with E-state index in [4.69, 9.17) is 9.47 Å². The molecule has 0 aromatic heterocycles. The van der Waals surface area contributed by atoms with Crippen LogP contribution in [-0.2, 0) is 16.0 Å². The maximum atomic E-state index is 12.1. The quantitative estimate of drug-likeness (QED) is 0.380. The van der Waals surface area contributed by atoms with Crippen LogP contribution in [0.4, 0.5) is 4.79 Å². The predicted molar refractivity (Wildman–Crippen MR) is 106 cm³/mol. The van der Waals surface area contributed by atoms with Gasteiger partial charge in [-0.15, -0.1) is 0 Å². The van der Waals surface area contributed by atoms with Crippen LogP contribution in [0.1, 0.15) is 22.8 Å². The van der Waals surface area contributed by atoms with Gasteiger partial charge in [0.2, 0.25) is 5.91 Å². The van der Waals surface area contributed by atoms with E-state index in [-0.39, 0.29) is 37.1 Å². The number of methoxy groups -OCH3 is 1. The summed E-state index contributed by atoms with van der Waals surface area (Å²) in [4.78, 5) is 35.4. The van der Waals surface area contributed by atoms with E-state index in [0.29, 0.717) is 17.9 Å². The molecule has 0 aliphatic rings. The molecule has 0 atom stereocenters. The second-order valence-electron chi connectivity index (χ2n) is 5.90. The van der Waals surface area contributed by atoms with Crippen molar-refractivity contribution in [3.8, 4) is 11.5 Å². The molecule has 0 heterocycles. The predicted octanol–water partition coefficient (Wildman–Crippen LogP) is 2.32. The third kappa shape index (κ3) is 7.17. The van der Waals surface area contributed by atoms with Gasteiger partial charge in [0, 0.05) is 24.2 Å². The van der Waals surface area contributed by atoms with E-state index in [1.807, 2.05) is 18.2 Å². The van der Waals surface area contributed by atoms with Crippen molar-refractivity contribution in [2.45, 2.75) is 13.3 Å². The summed E-state index contributed by atoms with van der Waals surface area (Å²) in [5.41, 5.74) is 1.20. The lowest BCUT2D eigenvalue weighted by molar-refractivity contribution is -0.120. The van der Waals surface area contributed by atoms with Gasteiger partial charge in [-0.3, -0.25) is 9.59 Å². The number of hydrogen-bond donors (Lipinski definition) is 2. The highest BCUT2D eigenvalue weighted by atomic mass is 16.7. The number of benzene rings is 2. The molecule has 0 spiro atoms. The third-order valence-electron chi connectivity index (χ3n) is 3.86. The van der Waals surface area contributed by atoms with Crippen LogP contribution in [-0.4, -0.2) is 44.8 Å². The van der Waals surface area contributed by atoms with Gasteiger partial charge < -0.3 is 24.8 Å². The van der Waals surface area contributed by atoms with E-state index >= 15 is 0 Å². The molecular weight excluding hydrogens is 376 g/mol. The third-order valence-corrected chi connectivity index (χ3v) is 3.86. The second kappa shape index (κ2) is 11.3. The number of carbonyl (C=O) groups excluding carboxylic acids is 3. The normalized spacial score (nSPS) is 10.0. The first-order chi connectivity index (χ1) is 14.0. The van der Waals surface area contributed by atoms with Crippen LogP contribution in [0.2, 0.25) is 0 Å². The Morgan fingerprint density at radius 2 is 1.62 bits per heavy atom. The van der Waals surface area contributed by atoms with Crippen molar-refractivity contribution in [3.63, 3.8) is 0 Å². The molecule has 2 aromatic rings. The molecule has 0 bridgehead atoms. The van der Waals surface area contributed by atoms with Crippen LogP contribution in [0, 0.1) is 0 Å². The van der Waals surface area contributed by atoms with E-state index in [1.54, 1.807) is 20.1 Å². The van der Waals surface area contributed by atoms with Crippen LogP contribution in [0.15, 0.2) is 48.5 Å². The fraction of sp³-hybridized carbons (Fsp3) is 0.286. The molecule has 154 valence electrons. The average molecular weight is 400 g/mol. The van der Waals surface area contributed by atoms with Crippen molar-refractivity contribution < 1.29 is 28.6 Å². The summed E-state index contributed by atoms with van der Waals surface area (Å²) in [6.07, 6.45) is -0.603. The SMILES string of the molecule is CCOC(=O)Oc1ccc(C(=O)NCCNC(=O)Cc2ccccc2OC)cc1. The van der Waals surface area contributed by atoms with Crippen LogP contribution < -0.4 is 20.1 Å². The van der Waals surface area contributed by atoms with Gasteiger partial charge in [-0.1, -0.05) is 18.2 Å². The molecule has 2 amide bonds. The number of hydrogen-bond acceptors (Lipinski definition) is 6. The molecule has 29 heavy (non-hydrogen) atoms. The molecule has 0 unspecified atom stereocenters. The van der Waals surface area contributed by atoms with Gasteiger partial charge in [0.05, 0.1) is 20.1 Å². The molecular formula is C21H24N2O6. The first-order valence-electron chi connectivity index (χ1n) is 9.15. The Morgan fingerprint density at radius 3 is 2.31 bits per heavy atom. The zero-order valence-electron chi connectivity index (χ0n) is 16.4. The molecule has 8 heteroatoms. The first-order valence-corrected chi connectivity index (χ1v) is 9.15. The van der Waals surface area contributed by atoms with Gasteiger partial charge in [-0.25, -0.2) is 4.79 Å². The summed E-state index contributed by atoms with van der Waals surface area (Å²) in [6, 6.07) is 13.4. The summed E-state index contributed by atoms with van der Waals surface area (Å²) < 4.78 is 14.8. The molecule has 2 aromatic carbocycles. The van der Waals surface area contributed by atoms with Gasteiger partial charge in [-0.05, 0) is 37.3 Å². The number of ether oxygens (including phenoxy) is 3. The van der Waals surface area contributed by atoms with Gasteiger partial charge in [0.25, 0.3) is 5.91 Å². The Morgan fingerprint density at radius 1 is 0.931 bits per heavy atom. The molecule has 0 fully saturated rings. The van der Waals surface area contributed by atoms with E-state index in [1.165, 1.54) is 24.3 Å². The van der Waals surface area contributed by atoms with E-state index < -0.39 is 6.16 Å². The summed E-state index contributed by atoms with van der Waals surface area (Å²) in [6.45, 7) is 2.46. The maximum absolute atomic E-state index is 12.1. The molecule has 0 aliphatic carbocycles. The van der Waals surface area contributed by atoms with Crippen LogP contribution in [0.3, 0.4) is 0 Å². The minimum Gasteiger partial charge on any atom is -0.496 e. The highest BCUT2D eigenvalue weighted by Gasteiger charge is 2.10. The lowest BCUT2D eigenvalue weighted by Crippen LogP contribution is -2.35. The van der Waals surface area contributed by atoms with Crippen LogP contribution >= 0.6 is 0 Å². The summed E-state index contributed by atoms with van der Waals surface area (Å²) in [7, 11) is 1.56. The van der Waals surface area contributed by atoms with Crippen molar-refractivity contribution >= 4 is 18.0 Å².